The maximum Gasteiger partial charge on any atom is 0.220 e. The summed E-state index contributed by atoms with van der Waals surface area (Å²) in [4.78, 5) is 12.0. The van der Waals surface area contributed by atoms with Crippen molar-refractivity contribution in [3.05, 3.63) is 59.9 Å². The lowest BCUT2D eigenvalue weighted by Gasteiger charge is -2.16. The van der Waals surface area contributed by atoms with Gasteiger partial charge in [0.05, 0.1) is 13.2 Å². The van der Waals surface area contributed by atoms with Crippen molar-refractivity contribution < 1.29 is 18.7 Å². The number of hydrogen-bond donors (Lipinski definition) is 1. The van der Waals surface area contributed by atoms with E-state index in [1.165, 1.54) is 12.1 Å². The topological polar surface area (TPSA) is 47.6 Å². The van der Waals surface area contributed by atoms with Crippen LogP contribution in [0.3, 0.4) is 0 Å². The standard InChI is InChI=1S/C19H22FNO3/c1-14(13-24-18-6-4-3-5-17(18)23-2)21-19(22)12-9-15-7-10-16(20)11-8-15/h3-8,10-11,14H,9,12-13H2,1-2H3,(H,21,22)/t14-/m0/s1. The third-order valence-electron chi connectivity index (χ3n) is 3.52. The lowest BCUT2D eigenvalue weighted by molar-refractivity contribution is -0.121. The van der Waals surface area contributed by atoms with Gasteiger partial charge in [0.15, 0.2) is 11.5 Å². The summed E-state index contributed by atoms with van der Waals surface area (Å²) in [6.45, 7) is 2.23. The average Bonchev–Trinajstić information content (AvgIpc) is 2.59. The molecular formula is C19H22FNO3. The highest BCUT2D eigenvalue weighted by atomic mass is 19.1. The molecule has 0 bridgehead atoms. The highest BCUT2D eigenvalue weighted by Gasteiger charge is 2.10. The van der Waals surface area contributed by atoms with Gasteiger partial charge >= 0.3 is 0 Å². The van der Waals surface area contributed by atoms with Crippen LogP contribution < -0.4 is 14.8 Å². The number of carbonyl (C=O) groups is 1. The molecule has 0 aliphatic rings. The first-order chi connectivity index (χ1) is 11.6. The Morgan fingerprint density at radius 3 is 2.46 bits per heavy atom. The summed E-state index contributed by atoms with van der Waals surface area (Å²) >= 11 is 0. The fourth-order valence-electron chi connectivity index (χ4n) is 2.25. The molecule has 0 radical (unpaired) electrons. The second-order valence-electron chi connectivity index (χ2n) is 5.56. The molecule has 0 spiro atoms. The second-order valence-corrected chi connectivity index (χ2v) is 5.56. The molecule has 2 aromatic rings. The first-order valence-electron chi connectivity index (χ1n) is 7.88. The monoisotopic (exact) mass is 331 g/mol. The molecule has 1 amide bonds. The molecule has 1 N–H and O–H groups in total. The summed E-state index contributed by atoms with van der Waals surface area (Å²) in [7, 11) is 1.59. The second kappa shape index (κ2) is 8.91. The van der Waals surface area contributed by atoms with Gasteiger partial charge in [-0.1, -0.05) is 24.3 Å². The molecule has 5 heteroatoms. The first-order valence-corrected chi connectivity index (χ1v) is 7.88. The number of amides is 1. The van der Waals surface area contributed by atoms with Crippen molar-refractivity contribution >= 4 is 5.91 Å². The van der Waals surface area contributed by atoms with Gasteiger partial charge in [0.25, 0.3) is 0 Å². The third kappa shape index (κ3) is 5.57. The first kappa shape index (κ1) is 17.8. The molecule has 0 saturated heterocycles. The number of benzene rings is 2. The maximum atomic E-state index is 12.8. The predicted molar refractivity (Wildman–Crippen MR) is 90.8 cm³/mol. The Bertz CT molecular complexity index is 658. The number of ether oxygens (including phenoxy) is 2. The van der Waals surface area contributed by atoms with Gasteiger partial charge in [-0.05, 0) is 43.2 Å². The highest BCUT2D eigenvalue weighted by molar-refractivity contribution is 5.76. The summed E-state index contributed by atoms with van der Waals surface area (Å²) in [5.74, 6) is 0.973. The van der Waals surface area contributed by atoms with Crippen LogP contribution in [0.25, 0.3) is 0 Å². The number of nitrogens with one attached hydrogen (secondary N) is 1. The minimum Gasteiger partial charge on any atom is -0.493 e. The van der Waals surface area contributed by atoms with Crippen LogP contribution in [0, 0.1) is 5.82 Å². The van der Waals surface area contributed by atoms with Crippen molar-refractivity contribution in [1.82, 2.24) is 5.32 Å². The molecule has 2 rings (SSSR count). The van der Waals surface area contributed by atoms with Crippen LogP contribution in [0.2, 0.25) is 0 Å². The molecule has 0 aliphatic carbocycles. The van der Waals surface area contributed by atoms with Crippen molar-refractivity contribution in [3.8, 4) is 11.5 Å². The number of rotatable bonds is 8. The van der Waals surface area contributed by atoms with E-state index in [2.05, 4.69) is 5.32 Å². The molecule has 0 aromatic heterocycles. The zero-order valence-electron chi connectivity index (χ0n) is 13.9. The number of aryl methyl sites for hydroxylation is 1. The third-order valence-corrected chi connectivity index (χ3v) is 3.52. The van der Waals surface area contributed by atoms with Gasteiger partial charge in [-0.3, -0.25) is 4.79 Å². The number of hydrogen-bond acceptors (Lipinski definition) is 3. The Kier molecular flexibility index (Phi) is 6.61. The number of halogens is 1. The molecule has 0 unspecified atom stereocenters. The summed E-state index contributed by atoms with van der Waals surface area (Å²) in [5.41, 5.74) is 0.935. The molecule has 0 heterocycles. The van der Waals surface area contributed by atoms with Gasteiger partial charge in [0, 0.05) is 6.42 Å². The number of methoxy groups -OCH3 is 1. The molecule has 1 atom stereocenters. The number of para-hydroxylation sites is 2. The minimum absolute atomic E-state index is 0.0598. The SMILES string of the molecule is COc1ccccc1OC[C@H](C)NC(=O)CCc1ccc(F)cc1. The van der Waals surface area contributed by atoms with E-state index in [1.54, 1.807) is 19.2 Å². The van der Waals surface area contributed by atoms with E-state index < -0.39 is 0 Å². The van der Waals surface area contributed by atoms with Crippen molar-refractivity contribution in [1.29, 1.82) is 0 Å². The maximum absolute atomic E-state index is 12.8. The van der Waals surface area contributed by atoms with E-state index in [0.717, 1.165) is 5.56 Å². The molecule has 0 saturated carbocycles. The minimum atomic E-state index is -0.273. The summed E-state index contributed by atoms with van der Waals surface area (Å²) < 4.78 is 23.7. The van der Waals surface area contributed by atoms with Crippen LogP contribution in [0.15, 0.2) is 48.5 Å². The smallest absolute Gasteiger partial charge is 0.220 e. The molecule has 4 nitrogen and oxygen atoms in total. The van der Waals surface area contributed by atoms with E-state index in [1.807, 2.05) is 31.2 Å². The quantitative estimate of drug-likeness (QED) is 0.807. The Balaban J connectivity index is 1.74. The largest absolute Gasteiger partial charge is 0.493 e. The highest BCUT2D eigenvalue weighted by Crippen LogP contribution is 2.25. The van der Waals surface area contributed by atoms with E-state index in [0.29, 0.717) is 30.9 Å². The Labute approximate surface area is 141 Å². The summed E-state index contributed by atoms with van der Waals surface area (Å²) in [6.07, 6.45) is 0.927. The lowest BCUT2D eigenvalue weighted by atomic mass is 10.1. The molecule has 2 aromatic carbocycles. The molecule has 0 aliphatic heterocycles. The van der Waals surface area contributed by atoms with Crippen molar-refractivity contribution in [2.24, 2.45) is 0 Å². The number of carbonyl (C=O) groups excluding carboxylic acids is 1. The average molecular weight is 331 g/mol. The normalized spacial score (nSPS) is 11.6. The van der Waals surface area contributed by atoms with Gasteiger partial charge in [-0.15, -0.1) is 0 Å². The zero-order chi connectivity index (χ0) is 17.4. The fraction of sp³-hybridized carbons (Fsp3) is 0.316. The summed E-state index contributed by atoms with van der Waals surface area (Å²) in [6, 6.07) is 13.4. The molecule has 0 fully saturated rings. The summed E-state index contributed by atoms with van der Waals surface area (Å²) in [5, 5.41) is 2.89. The van der Waals surface area contributed by atoms with Crippen LogP contribution in [0.1, 0.15) is 18.9 Å². The Morgan fingerprint density at radius 1 is 1.12 bits per heavy atom. The van der Waals surface area contributed by atoms with E-state index in [9.17, 15) is 9.18 Å². The van der Waals surface area contributed by atoms with Gasteiger partial charge in [-0.2, -0.15) is 0 Å². The Hall–Kier alpha value is -2.56. The Morgan fingerprint density at radius 2 is 1.79 bits per heavy atom. The van der Waals surface area contributed by atoms with Crippen LogP contribution in [-0.2, 0) is 11.2 Å². The van der Waals surface area contributed by atoms with Crippen LogP contribution in [0.4, 0.5) is 4.39 Å². The van der Waals surface area contributed by atoms with Crippen LogP contribution >= 0.6 is 0 Å². The van der Waals surface area contributed by atoms with E-state index in [-0.39, 0.29) is 17.8 Å². The molecular weight excluding hydrogens is 309 g/mol. The van der Waals surface area contributed by atoms with Gasteiger partial charge in [-0.25, -0.2) is 4.39 Å². The molecule has 24 heavy (non-hydrogen) atoms. The van der Waals surface area contributed by atoms with Gasteiger partial charge in [0.1, 0.15) is 12.4 Å². The molecule has 128 valence electrons. The van der Waals surface area contributed by atoms with E-state index in [4.69, 9.17) is 9.47 Å². The van der Waals surface area contributed by atoms with Gasteiger partial charge in [0.2, 0.25) is 5.91 Å². The fourth-order valence-corrected chi connectivity index (χ4v) is 2.25. The lowest BCUT2D eigenvalue weighted by Crippen LogP contribution is -2.36. The van der Waals surface area contributed by atoms with Crippen LogP contribution in [0.5, 0.6) is 11.5 Å². The van der Waals surface area contributed by atoms with Crippen molar-refractivity contribution in [2.75, 3.05) is 13.7 Å². The van der Waals surface area contributed by atoms with Crippen molar-refractivity contribution in [2.45, 2.75) is 25.8 Å². The predicted octanol–water partition coefficient (Wildman–Crippen LogP) is 3.35. The van der Waals surface area contributed by atoms with Crippen LogP contribution in [-0.4, -0.2) is 25.7 Å². The zero-order valence-corrected chi connectivity index (χ0v) is 13.9. The van der Waals surface area contributed by atoms with E-state index >= 15 is 0 Å². The van der Waals surface area contributed by atoms with Gasteiger partial charge < -0.3 is 14.8 Å². The van der Waals surface area contributed by atoms with Crippen molar-refractivity contribution in [3.63, 3.8) is 0 Å².